The first-order valence-corrected chi connectivity index (χ1v) is 7.05. The molecule has 0 radical (unpaired) electrons. The number of aromatic nitrogens is 2. The summed E-state index contributed by atoms with van der Waals surface area (Å²) in [4.78, 5) is 11.7. The Labute approximate surface area is 125 Å². The van der Waals surface area contributed by atoms with Crippen LogP contribution in [0.4, 0.5) is 0 Å². The molecule has 112 valence electrons. The maximum Gasteiger partial charge on any atom is 0.226 e. The third-order valence-electron chi connectivity index (χ3n) is 3.44. The van der Waals surface area contributed by atoms with Crippen molar-refractivity contribution in [2.24, 2.45) is 5.41 Å². The van der Waals surface area contributed by atoms with E-state index in [1.165, 1.54) is 5.56 Å². The molecule has 0 fully saturated rings. The summed E-state index contributed by atoms with van der Waals surface area (Å²) in [6, 6.07) is 10.1. The van der Waals surface area contributed by atoms with Gasteiger partial charge in [-0.1, -0.05) is 12.1 Å². The molecule has 1 aromatic carbocycles. The highest BCUT2D eigenvalue weighted by Crippen LogP contribution is 2.14. The van der Waals surface area contributed by atoms with Crippen LogP contribution in [0.1, 0.15) is 19.4 Å². The van der Waals surface area contributed by atoms with Crippen molar-refractivity contribution in [2.45, 2.75) is 20.4 Å². The zero-order chi connectivity index (χ0) is 15.3. The van der Waals surface area contributed by atoms with Gasteiger partial charge in [-0.3, -0.25) is 4.79 Å². The lowest BCUT2D eigenvalue weighted by molar-refractivity contribution is -0.128. The summed E-state index contributed by atoms with van der Waals surface area (Å²) in [6.07, 6.45) is 3.68. The molecule has 1 aromatic heterocycles. The molecule has 0 saturated carbocycles. The smallest absolute Gasteiger partial charge is 0.226 e. The van der Waals surface area contributed by atoms with Gasteiger partial charge in [0.15, 0.2) is 0 Å². The third kappa shape index (κ3) is 3.92. The molecule has 2 rings (SSSR count). The Hall–Kier alpha value is -2.14. The van der Waals surface area contributed by atoms with Crippen LogP contribution in [0, 0.1) is 5.41 Å². The molecular weight excluding hydrogens is 264 g/mol. The third-order valence-corrected chi connectivity index (χ3v) is 3.44. The van der Waals surface area contributed by atoms with Crippen molar-refractivity contribution >= 4 is 5.91 Å². The van der Waals surface area contributed by atoms with Crippen molar-refractivity contribution < 1.29 is 4.79 Å². The summed E-state index contributed by atoms with van der Waals surface area (Å²) in [6.45, 7) is 5.23. The van der Waals surface area contributed by atoms with Crippen molar-refractivity contribution in [3.05, 3.63) is 48.3 Å². The molecule has 21 heavy (non-hydrogen) atoms. The summed E-state index contributed by atoms with van der Waals surface area (Å²) < 4.78 is 1.83. The fraction of sp³-hybridized carbons (Fsp3) is 0.375. The first-order valence-electron chi connectivity index (χ1n) is 7.05. The maximum atomic E-state index is 11.7. The fourth-order valence-corrected chi connectivity index (χ4v) is 2.13. The second-order valence-electron chi connectivity index (χ2n) is 5.68. The molecule has 0 aliphatic rings. The normalized spacial score (nSPS) is 11.4. The number of hydrogen-bond acceptors (Lipinski definition) is 3. The van der Waals surface area contributed by atoms with Gasteiger partial charge in [0.05, 0.1) is 11.1 Å². The minimum absolute atomic E-state index is 0.0454. The predicted molar refractivity (Wildman–Crippen MR) is 83.1 cm³/mol. The highest BCUT2D eigenvalue weighted by molar-refractivity contribution is 5.81. The molecule has 2 aromatic rings. The fourth-order valence-electron chi connectivity index (χ4n) is 2.13. The molecule has 0 atom stereocenters. The van der Waals surface area contributed by atoms with Crippen LogP contribution in [0.15, 0.2) is 42.7 Å². The number of nitrogens with one attached hydrogen (secondary N) is 2. The lowest BCUT2D eigenvalue weighted by Gasteiger charge is -2.23. The van der Waals surface area contributed by atoms with Gasteiger partial charge in [-0.25, -0.2) is 4.68 Å². The van der Waals surface area contributed by atoms with Crippen LogP contribution in [0.5, 0.6) is 0 Å². The standard InChI is InChI=1S/C16H22N4O/c1-16(2,15(21)17-3)12-18-11-13-5-7-14(8-6-13)20-10-4-9-19-20/h4-10,18H,11-12H2,1-3H3,(H,17,21). The number of carbonyl (C=O) groups is 1. The number of nitrogens with zero attached hydrogens (tertiary/aromatic N) is 2. The van der Waals surface area contributed by atoms with Crippen LogP contribution >= 0.6 is 0 Å². The number of hydrogen-bond donors (Lipinski definition) is 2. The summed E-state index contributed by atoms with van der Waals surface area (Å²) in [5.41, 5.74) is 1.80. The van der Waals surface area contributed by atoms with Gasteiger partial charge in [0.1, 0.15) is 0 Å². The van der Waals surface area contributed by atoms with Gasteiger partial charge >= 0.3 is 0 Å². The molecule has 0 bridgehead atoms. The molecule has 0 unspecified atom stereocenters. The summed E-state index contributed by atoms with van der Waals surface area (Å²) in [5.74, 6) is 0.0454. The first kappa shape index (κ1) is 15.3. The second-order valence-corrected chi connectivity index (χ2v) is 5.68. The number of carbonyl (C=O) groups excluding carboxylic acids is 1. The Morgan fingerprint density at radius 1 is 1.29 bits per heavy atom. The zero-order valence-corrected chi connectivity index (χ0v) is 12.8. The monoisotopic (exact) mass is 286 g/mol. The maximum absolute atomic E-state index is 11.7. The van der Waals surface area contributed by atoms with Crippen LogP contribution in [0.3, 0.4) is 0 Å². The minimum atomic E-state index is -0.413. The molecule has 5 nitrogen and oxygen atoms in total. The van der Waals surface area contributed by atoms with Gasteiger partial charge in [0.2, 0.25) is 5.91 Å². The van der Waals surface area contributed by atoms with E-state index >= 15 is 0 Å². The predicted octanol–water partition coefficient (Wildman–Crippen LogP) is 1.73. The molecule has 1 heterocycles. The highest BCUT2D eigenvalue weighted by Gasteiger charge is 2.25. The Morgan fingerprint density at radius 3 is 2.57 bits per heavy atom. The lowest BCUT2D eigenvalue weighted by atomic mass is 9.92. The van der Waals surface area contributed by atoms with Gasteiger partial charge in [-0.15, -0.1) is 0 Å². The van der Waals surface area contributed by atoms with Gasteiger partial charge in [0, 0.05) is 32.5 Å². The van der Waals surface area contributed by atoms with E-state index in [4.69, 9.17) is 0 Å². The van der Waals surface area contributed by atoms with Crippen LogP contribution in [0.25, 0.3) is 5.69 Å². The molecule has 5 heteroatoms. The zero-order valence-electron chi connectivity index (χ0n) is 12.8. The van der Waals surface area contributed by atoms with Crippen LogP contribution in [0.2, 0.25) is 0 Å². The van der Waals surface area contributed by atoms with Gasteiger partial charge in [-0.05, 0) is 37.6 Å². The van der Waals surface area contributed by atoms with E-state index in [1.54, 1.807) is 13.2 Å². The lowest BCUT2D eigenvalue weighted by Crippen LogP contribution is -2.41. The number of amides is 1. The van der Waals surface area contributed by atoms with Crippen molar-refractivity contribution in [2.75, 3.05) is 13.6 Å². The van der Waals surface area contributed by atoms with Crippen molar-refractivity contribution in [3.8, 4) is 5.69 Å². The molecule has 2 N–H and O–H groups in total. The molecule has 0 spiro atoms. The average molecular weight is 286 g/mol. The molecule has 0 aliphatic carbocycles. The van der Waals surface area contributed by atoms with Gasteiger partial charge in [0.25, 0.3) is 0 Å². The Kier molecular flexibility index (Phi) is 4.75. The van der Waals surface area contributed by atoms with Gasteiger partial charge in [-0.2, -0.15) is 5.10 Å². The van der Waals surface area contributed by atoms with Gasteiger partial charge < -0.3 is 10.6 Å². The molecule has 1 amide bonds. The largest absolute Gasteiger partial charge is 0.359 e. The van der Waals surface area contributed by atoms with Crippen LogP contribution in [-0.4, -0.2) is 29.3 Å². The SMILES string of the molecule is CNC(=O)C(C)(C)CNCc1ccc(-n2cccn2)cc1. The van der Waals surface area contributed by atoms with Crippen molar-refractivity contribution in [1.82, 2.24) is 20.4 Å². The second kappa shape index (κ2) is 6.54. The summed E-state index contributed by atoms with van der Waals surface area (Å²) in [7, 11) is 1.66. The van der Waals surface area contributed by atoms with Crippen molar-refractivity contribution in [1.29, 1.82) is 0 Å². The quantitative estimate of drug-likeness (QED) is 0.850. The summed E-state index contributed by atoms with van der Waals surface area (Å²) >= 11 is 0. The van der Waals surface area contributed by atoms with Crippen molar-refractivity contribution in [3.63, 3.8) is 0 Å². The number of rotatable bonds is 6. The van der Waals surface area contributed by atoms with E-state index in [-0.39, 0.29) is 5.91 Å². The van der Waals surface area contributed by atoms with E-state index in [0.29, 0.717) is 6.54 Å². The highest BCUT2D eigenvalue weighted by atomic mass is 16.2. The van der Waals surface area contributed by atoms with Crippen LogP contribution in [-0.2, 0) is 11.3 Å². The van der Waals surface area contributed by atoms with E-state index in [0.717, 1.165) is 12.2 Å². The number of benzene rings is 1. The van der Waals surface area contributed by atoms with E-state index in [1.807, 2.05) is 42.9 Å². The summed E-state index contributed by atoms with van der Waals surface area (Å²) in [5, 5.41) is 10.2. The van der Waals surface area contributed by atoms with E-state index in [2.05, 4.69) is 27.9 Å². The minimum Gasteiger partial charge on any atom is -0.359 e. The molecule has 0 aliphatic heterocycles. The Bertz CT molecular complexity index is 573. The molecule has 0 saturated heterocycles. The Morgan fingerprint density at radius 2 is 2.00 bits per heavy atom. The first-order chi connectivity index (χ1) is 10.0. The topological polar surface area (TPSA) is 59.0 Å². The Balaban J connectivity index is 1.88. The van der Waals surface area contributed by atoms with Crippen LogP contribution < -0.4 is 10.6 Å². The van der Waals surface area contributed by atoms with E-state index < -0.39 is 5.41 Å². The van der Waals surface area contributed by atoms with E-state index in [9.17, 15) is 4.79 Å². The average Bonchev–Trinajstić information content (AvgIpc) is 3.01. The molecular formula is C16H22N4O.